The van der Waals surface area contributed by atoms with Crippen molar-refractivity contribution in [2.24, 2.45) is 0 Å². The van der Waals surface area contributed by atoms with Crippen LogP contribution < -0.4 is 26.6 Å². The van der Waals surface area contributed by atoms with E-state index in [1.165, 1.54) is 22.7 Å². The van der Waals surface area contributed by atoms with Crippen molar-refractivity contribution in [1.82, 2.24) is 21.3 Å². The SMILES string of the molecule is CCC(=O)N[C@H](Cc1cccs1)C(=O)N[C@@H](Cc1ccc(-c2ccccc2)cc1)C(=O)N[C@H](Cc1ccsc1)C(=O)N[C@@H](Cc1ccc(NC=O)cc1)C(=O)O. The first-order chi connectivity index (χ1) is 27.1. The number of anilines is 1. The van der Waals surface area contributed by atoms with Crippen LogP contribution in [0.1, 0.15) is 34.9 Å². The van der Waals surface area contributed by atoms with Crippen molar-refractivity contribution in [3.63, 3.8) is 0 Å². The van der Waals surface area contributed by atoms with Gasteiger partial charge < -0.3 is 31.7 Å². The number of carbonyl (C=O) groups excluding carboxylic acids is 5. The first-order valence-corrected chi connectivity index (χ1v) is 19.8. The van der Waals surface area contributed by atoms with Crippen LogP contribution in [0.5, 0.6) is 0 Å². The van der Waals surface area contributed by atoms with Crippen molar-refractivity contribution in [3.05, 3.63) is 135 Å². The average molecular weight is 794 g/mol. The van der Waals surface area contributed by atoms with Gasteiger partial charge in [-0.1, -0.05) is 79.7 Å². The lowest BCUT2D eigenvalue weighted by atomic mass is 9.99. The van der Waals surface area contributed by atoms with Gasteiger partial charge in [-0.2, -0.15) is 11.3 Å². The molecule has 5 amide bonds. The predicted molar refractivity (Wildman–Crippen MR) is 217 cm³/mol. The Morgan fingerprint density at radius 1 is 0.607 bits per heavy atom. The number of amides is 5. The zero-order chi connectivity index (χ0) is 39.9. The number of hydrogen-bond donors (Lipinski definition) is 6. The Balaban J connectivity index is 1.39. The van der Waals surface area contributed by atoms with E-state index in [9.17, 15) is 33.9 Å². The summed E-state index contributed by atoms with van der Waals surface area (Å²) in [6, 6.07) is 24.7. The molecule has 0 saturated heterocycles. The van der Waals surface area contributed by atoms with Crippen molar-refractivity contribution >= 4 is 64.4 Å². The normalized spacial score (nSPS) is 12.9. The van der Waals surface area contributed by atoms with E-state index in [-0.39, 0.29) is 38.0 Å². The third kappa shape index (κ3) is 12.2. The summed E-state index contributed by atoms with van der Waals surface area (Å²) in [4.78, 5) is 78.6. The van der Waals surface area contributed by atoms with Gasteiger partial charge in [-0.15, -0.1) is 11.3 Å². The van der Waals surface area contributed by atoms with Crippen LogP contribution in [0, 0.1) is 0 Å². The van der Waals surface area contributed by atoms with Crippen LogP contribution in [-0.2, 0) is 54.5 Å². The largest absolute Gasteiger partial charge is 0.480 e. The number of carboxylic acid groups (broad SMARTS) is 1. The number of benzene rings is 3. The molecule has 0 radical (unpaired) electrons. The predicted octanol–water partition coefficient (Wildman–Crippen LogP) is 4.75. The molecule has 290 valence electrons. The minimum Gasteiger partial charge on any atom is -0.480 e. The van der Waals surface area contributed by atoms with Crippen molar-refractivity contribution in [3.8, 4) is 11.1 Å². The van der Waals surface area contributed by atoms with Gasteiger partial charge >= 0.3 is 5.97 Å². The van der Waals surface area contributed by atoms with Crippen LogP contribution in [0.25, 0.3) is 11.1 Å². The number of hydrogen-bond acceptors (Lipinski definition) is 8. The minimum absolute atomic E-state index is 0.0550. The molecular formula is C42H43N5O7S2. The van der Waals surface area contributed by atoms with E-state index in [0.717, 1.165) is 27.1 Å². The molecule has 14 heteroatoms. The van der Waals surface area contributed by atoms with E-state index in [2.05, 4.69) is 26.6 Å². The van der Waals surface area contributed by atoms with E-state index in [1.54, 1.807) is 37.3 Å². The van der Waals surface area contributed by atoms with Gasteiger partial charge in [0.15, 0.2) is 0 Å². The molecule has 0 unspecified atom stereocenters. The van der Waals surface area contributed by atoms with Gasteiger partial charge in [0.1, 0.15) is 24.2 Å². The fourth-order valence-electron chi connectivity index (χ4n) is 5.96. The quantitative estimate of drug-likeness (QED) is 0.0615. The van der Waals surface area contributed by atoms with E-state index in [0.29, 0.717) is 17.7 Å². The van der Waals surface area contributed by atoms with Crippen LogP contribution in [0.4, 0.5) is 5.69 Å². The second-order valence-electron chi connectivity index (χ2n) is 13.0. The van der Waals surface area contributed by atoms with Gasteiger partial charge in [-0.25, -0.2) is 4.79 Å². The summed E-state index contributed by atoms with van der Waals surface area (Å²) >= 11 is 2.85. The molecule has 5 rings (SSSR count). The first-order valence-electron chi connectivity index (χ1n) is 18.0. The molecule has 4 atom stereocenters. The Kier molecular flexibility index (Phi) is 15.0. The highest BCUT2D eigenvalue weighted by molar-refractivity contribution is 7.09. The molecule has 6 N–H and O–H groups in total. The summed E-state index contributed by atoms with van der Waals surface area (Å²) < 4.78 is 0. The van der Waals surface area contributed by atoms with Crippen molar-refractivity contribution < 1.29 is 33.9 Å². The summed E-state index contributed by atoms with van der Waals surface area (Å²) in [6.07, 6.45) is 0.951. The van der Waals surface area contributed by atoms with Crippen molar-refractivity contribution in [1.29, 1.82) is 0 Å². The van der Waals surface area contributed by atoms with Crippen molar-refractivity contribution in [2.75, 3.05) is 5.32 Å². The maximum absolute atomic E-state index is 14.3. The molecule has 0 aliphatic heterocycles. The Morgan fingerprint density at radius 2 is 1.16 bits per heavy atom. The van der Waals surface area contributed by atoms with Gasteiger partial charge in [0.05, 0.1) is 0 Å². The molecular weight excluding hydrogens is 751 g/mol. The van der Waals surface area contributed by atoms with E-state index in [4.69, 9.17) is 0 Å². The molecule has 0 aliphatic rings. The molecule has 0 saturated carbocycles. The fourth-order valence-corrected chi connectivity index (χ4v) is 7.39. The summed E-state index contributed by atoms with van der Waals surface area (Å²) in [7, 11) is 0. The standard InChI is InChI=1S/C42H43N5O7S2/c1-2-38(49)44-36(24-33-9-6-19-56-33)41(52)45-34(21-27-10-14-31(15-11-27)30-7-4-3-5-8-30)39(50)46-35(23-29-18-20-55-25-29)40(51)47-37(42(53)54)22-28-12-16-32(17-13-28)43-26-48/h3-20,25-26,34-37H,2,21-24H2,1H3,(H,43,48)(H,44,49)(H,45,52)(H,46,50)(H,47,51)(H,53,54)/t34-,35+,36+,37-/m0/s1. The number of aliphatic carboxylic acids is 1. The first kappa shape index (κ1) is 41.1. The Hall–Kier alpha value is -6.12. The zero-order valence-corrected chi connectivity index (χ0v) is 32.2. The number of rotatable bonds is 20. The minimum atomic E-state index is -1.34. The highest BCUT2D eigenvalue weighted by Gasteiger charge is 2.32. The van der Waals surface area contributed by atoms with Gasteiger partial charge in [0.2, 0.25) is 30.0 Å². The van der Waals surface area contributed by atoms with Crippen molar-refractivity contribution in [2.45, 2.75) is 63.2 Å². The smallest absolute Gasteiger partial charge is 0.326 e. The highest BCUT2D eigenvalue weighted by Crippen LogP contribution is 2.20. The molecule has 2 heterocycles. The molecule has 56 heavy (non-hydrogen) atoms. The number of carbonyl (C=O) groups is 6. The molecule has 0 fully saturated rings. The van der Waals surface area contributed by atoms with Crippen LogP contribution >= 0.6 is 22.7 Å². The maximum Gasteiger partial charge on any atom is 0.326 e. The maximum atomic E-state index is 14.3. The summed E-state index contributed by atoms with van der Waals surface area (Å²) in [5.41, 5.74) is 4.58. The van der Waals surface area contributed by atoms with E-state index < -0.39 is 47.9 Å². The second kappa shape index (κ2) is 20.5. The molecule has 0 aliphatic carbocycles. The third-order valence-electron chi connectivity index (χ3n) is 8.98. The van der Waals surface area contributed by atoms with Crippen LogP contribution in [0.3, 0.4) is 0 Å². The van der Waals surface area contributed by atoms with Crippen LogP contribution in [0.15, 0.2) is 113 Å². The third-order valence-corrected chi connectivity index (χ3v) is 10.6. The number of carboxylic acids is 1. The van der Waals surface area contributed by atoms with Gasteiger partial charge in [0, 0.05) is 42.7 Å². The summed E-state index contributed by atoms with van der Waals surface area (Å²) in [6.45, 7) is 1.68. The topological polar surface area (TPSA) is 183 Å². The summed E-state index contributed by atoms with van der Waals surface area (Å²) in [5.74, 6) is -3.56. The molecule has 3 aromatic carbocycles. The van der Waals surface area contributed by atoms with Gasteiger partial charge in [0.25, 0.3) is 0 Å². The molecule has 12 nitrogen and oxygen atoms in total. The molecule has 2 aromatic heterocycles. The lowest BCUT2D eigenvalue weighted by molar-refractivity contribution is -0.142. The van der Waals surface area contributed by atoms with Crippen LogP contribution in [-0.4, -0.2) is 65.3 Å². The van der Waals surface area contributed by atoms with Gasteiger partial charge in [-0.05, 0) is 68.2 Å². The Morgan fingerprint density at radius 3 is 1.70 bits per heavy atom. The summed E-state index contributed by atoms with van der Waals surface area (Å²) in [5, 5.41) is 29.1. The van der Waals surface area contributed by atoms with Gasteiger partial charge in [-0.3, -0.25) is 24.0 Å². The monoisotopic (exact) mass is 793 g/mol. The highest BCUT2D eigenvalue weighted by atomic mass is 32.1. The fraction of sp³-hybridized carbons (Fsp3) is 0.238. The zero-order valence-electron chi connectivity index (χ0n) is 30.6. The lowest BCUT2D eigenvalue weighted by Crippen LogP contribution is -2.59. The molecule has 0 spiro atoms. The Bertz CT molecular complexity index is 2060. The molecule has 0 bridgehead atoms. The number of nitrogens with one attached hydrogen (secondary N) is 5. The van der Waals surface area contributed by atoms with E-state index >= 15 is 0 Å². The molecule has 5 aromatic rings. The number of thiophene rings is 2. The van der Waals surface area contributed by atoms with E-state index in [1.807, 2.05) is 82.9 Å². The lowest BCUT2D eigenvalue weighted by Gasteiger charge is -2.26. The second-order valence-corrected chi connectivity index (χ2v) is 14.9. The average Bonchev–Trinajstić information content (AvgIpc) is 3.93. The van der Waals surface area contributed by atoms with Crippen LogP contribution in [0.2, 0.25) is 0 Å². The Labute approximate surface area is 332 Å².